The molecule has 0 heterocycles. The lowest BCUT2D eigenvalue weighted by molar-refractivity contribution is -0.133. The Kier molecular flexibility index (Phi) is 7.95. The van der Waals surface area contributed by atoms with Gasteiger partial charge in [-0.3, -0.25) is 0 Å². The van der Waals surface area contributed by atoms with Gasteiger partial charge < -0.3 is 14.3 Å². The monoisotopic (exact) mass is 335 g/mol. The Morgan fingerprint density at radius 1 is 1.12 bits per heavy atom. The normalized spacial score (nSPS) is 13.8. The molecule has 0 amide bonds. The molecule has 0 bridgehead atoms. The van der Waals surface area contributed by atoms with Crippen molar-refractivity contribution in [2.24, 2.45) is 11.1 Å². The minimum atomic E-state index is -0.505. The summed E-state index contributed by atoms with van der Waals surface area (Å²) in [5, 5.41) is 3.79. The molecule has 6 heteroatoms. The van der Waals surface area contributed by atoms with Crippen molar-refractivity contribution in [3.8, 4) is 0 Å². The molecule has 0 aliphatic heterocycles. The molecular formula is C18H25NO5. The molecule has 2 atom stereocenters. The van der Waals surface area contributed by atoms with E-state index in [1.807, 2.05) is 12.1 Å². The summed E-state index contributed by atoms with van der Waals surface area (Å²) in [6.45, 7) is 6.11. The lowest BCUT2D eigenvalue weighted by atomic mass is 9.86. The van der Waals surface area contributed by atoms with E-state index in [1.165, 1.54) is 14.2 Å². The highest BCUT2D eigenvalue weighted by atomic mass is 16.6. The van der Waals surface area contributed by atoms with Gasteiger partial charge in [0.25, 0.3) is 0 Å². The largest absolute Gasteiger partial charge is 0.465 e. The summed E-state index contributed by atoms with van der Waals surface area (Å²) in [4.78, 5) is 28.0. The minimum Gasteiger partial charge on any atom is -0.465 e. The smallest absolute Gasteiger partial charge is 0.355 e. The van der Waals surface area contributed by atoms with E-state index in [0.717, 1.165) is 12.0 Å². The van der Waals surface area contributed by atoms with Crippen LogP contribution in [0, 0.1) is 5.92 Å². The molecule has 0 radical (unpaired) electrons. The second-order valence-corrected chi connectivity index (χ2v) is 5.53. The van der Waals surface area contributed by atoms with Crippen LogP contribution in [-0.2, 0) is 19.1 Å². The van der Waals surface area contributed by atoms with Gasteiger partial charge in [-0.2, -0.15) is 0 Å². The standard InChI is InChI=1S/C18H25NO5/c1-6-14(11-24-19-13(3)17(20)22-4)12(2)15-7-9-16(10-8-15)18(21)23-5/h7-10,12,14H,6,11H2,1-5H3/b19-13+. The molecule has 6 nitrogen and oxygen atoms in total. The third kappa shape index (κ3) is 5.37. The SMILES string of the molecule is CCC(CO/N=C(\C)C(=O)OC)C(C)c1ccc(C(=O)OC)cc1. The summed E-state index contributed by atoms with van der Waals surface area (Å²) < 4.78 is 9.26. The fourth-order valence-electron chi connectivity index (χ4n) is 2.34. The summed E-state index contributed by atoms with van der Waals surface area (Å²) in [5.74, 6) is -0.412. The first-order chi connectivity index (χ1) is 11.4. The van der Waals surface area contributed by atoms with E-state index in [9.17, 15) is 9.59 Å². The molecule has 0 spiro atoms. The summed E-state index contributed by atoms with van der Waals surface area (Å²) in [5.41, 5.74) is 1.81. The molecule has 0 aliphatic rings. The first-order valence-corrected chi connectivity index (χ1v) is 7.87. The van der Waals surface area contributed by atoms with Gasteiger partial charge in [-0.15, -0.1) is 0 Å². The number of oxime groups is 1. The van der Waals surface area contributed by atoms with E-state index in [4.69, 9.17) is 9.57 Å². The highest BCUT2D eigenvalue weighted by Crippen LogP contribution is 2.27. The van der Waals surface area contributed by atoms with Crippen LogP contribution >= 0.6 is 0 Å². The summed E-state index contributed by atoms with van der Waals surface area (Å²) in [7, 11) is 2.66. The maximum atomic E-state index is 11.5. The number of methoxy groups -OCH3 is 2. The Labute approximate surface area is 142 Å². The molecule has 132 valence electrons. The first kappa shape index (κ1) is 19.7. The van der Waals surface area contributed by atoms with Gasteiger partial charge in [0.05, 0.1) is 19.8 Å². The average molecular weight is 335 g/mol. The number of carbonyl (C=O) groups excluding carboxylic acids is 2. The van der Waals surface area contributed by atoms with Crippen molar-refractivity contribution in [1.82, 2.24) is 0 Å². The van der Waals surface area contributed by atoms with Crippen molar-refractivity contribution in [2.45, 2.75) is 33.1 Å². The topological polar surface area (TPSA) is 74.2 Å². The third-order valence-electron chi connectivity index (χ3n) is 4.06. The molecule has 0 saturated heterocycles. The van der Waals surface area contributed by atoms with Crippen molar-refractivity contribution in [3.63, 3.8) is 0 Å². The van der Waals surface area contributed by atoms with Gasteiger partial charge in [0.2, 0.25) is 0 Å². The summed E-state index contributed by atoms with van der Waals surface area (Å²) in [6, 6.07) is 7.35. The molecule has 0 N–H and O–H groups in total. The zero-order chi connectivity index (χ0) is 18.1. The molecule has 0 aromatic heterocycles. The Morgan fingerprint density at radius 3 is 2.25 bits per heavy atom. The molecule has 1 aromatic carbocycles. The molecule has 0 aliphatic carbocycles. The fraction of sp³-hybridized carbons (Fsp3) is 0.500. The van der Waals surface area contributed by atoms with Crippen LogP contribution in [0.2, 0.25) is 0 Å². The molecule has 1 rings (SSSR count). The number of hydrogen-bond acceptors (Lipinski definition) is 6. The zero-order valence-corrected chi connectivity index (χ0v) is 14.9. The number of carbonyl (C=O) groups is 2. The van der Waals surface area contributed by atoms with E-state index in [2.05, 4.69) is 23.7 Å². The number of esters is 2. The van der Waals surface area contributed by atoms with Crippen LogP contribution < -0.4 is 0 Å². The highest BCUT2D eigenvalue weighted by molar-refractivity contribution is 6.35. The van der Waals surface area contributed by atoms with E-state index >= 15 is 0 Å². The maximum Gasteiger partial charge on any atom is 0.355 e. The van der Waals surface area contributed by atoms with Crippen molar-refractivity contribution in [3.05, 3.63) is 35.4 Å². The lowest BCUT2D eigenvalue weighted by Crippen LogP contribution is -2.17. The third-order valence-corrected chi connectivity index (χ3v) is 4.06. The van der Waals surface area contributed by atoms with Gasteiger partial charge >= 0.3 is 11.9 Å². The maximum absolute atomic E-state index is 11.5. The van der Waals surface area contributed by atoms with Crippen molar-refractivity contribution in [1.29, 1.82) is 0 Å². The van der Waals surface area contributed by atoms with E-state index in [0.29, 0.717) is 12.2 Å². The Balaban J connectivity index is 2.70. The minimum absolute atomic E-state index is 0.183. The van der Waals surface area contributed by atoms with Gasteiger partial charge in [0.15, 0.2) is 5.71 Å². The van der Waals surface area contributed by atoms with Crippen LogP contribution in [0.3, 0.4) is 0 Å². The molecule has 24 heavy (non-hydrogen) atoms. The molecule has 2 unspecified atom stereocenters. The van der Waals surface area contributed by atoms with Gasteiger partial charge in [-0.25, -0.2) is 9.59 Å². The van der Waals surface area contributed by atoms with E-state index < -0.39 is 5.97 Å². The van der Waals surface area contributed by atoms with Gasteiger partial charge in [0.1, 0.15) is 6.61 Å². The van der Waals surface area contributed by atoms with Crippen LogP contribution in [0.4, 0.5) is 0 Å². The van der Waals surface area contributed by atoms with Crippen LogP contribution in [0.1, 0.15) is 49.0 Å². The number of ether oxygens (including phenoxy) is 2. The van der Waals surface area contributed by atoms with Gasteiger partial charge in [0, 0.05) is 5.92 Å². The molecule has 1 aromatic rings. The number of hydrogen-bond donors (Lipinski definition) is 0. The Hall–Kier alpha value is -2.37. The van der Waals surface area contributed by atoms with E-state index in [1.54, 1.807) is 19.1 Å². The van der Waals surface area contributed by atoms with Crippen LogP contribution in [0.5, 0.6) is 0 Å². The number of benzene rings is 1. The van der Waals surface area contributed by atoms with Crippen molar-refractivity contribution in [2.75, 3.05) is 20.8 Å². The fourth-order valence-corrected chi connectivity index (χ4v) is 2.34. The molecular weight excluding hydrogens is 310 g/mol. The average Bonchev–Trinajstić information content (AvgIpc) is 2.63. The summed E-state index contributed by atoms with van der Waals surface area (Å²) in [6.07, 6.45) is 0.896. The number of rotatable bonds is 8. The van der Waals surface area contributed by atoms with Gasteiger partial charge in [-0.05, 0) is 37.0 Å². The predicted octanol–water partition coefficient (Wildman–Crippen LogP) is 3.17. The second kappa shape index (κ2) is 9.70. The van der Waals surface area contributed by atoms with Gasteiger partial charge in [-0.1, -0.05) is 31.1 Å². The van der Waals surface area contributed by atoms with Crippen LogP contribution in [0.15, 0.2) is 29.4 Å². The first-order valence-electron chi connectivity index (χ1n) is 7.87. The lowest BCUT2D eigenvalue weighted by Gasteiger charge is -2.22. The highest BCUT2D eigenvalue weighted by Gasteiger charge is 2.19. The van der Waals surface area contributed by atoms with Crippen molar-refractivity contribution >= 4 is 17.7 Å². The second-order valence-electron chi connectivity index (χ2n) is 5.53. The van der Waals surface area contributed by atoms with E-state index in [-0.39, 0.29) is 23.5 Å². The van der Waals surface area contributed by atoms with Crippen LogP contribution in [0.25, 0.3) is 0 Å². The predicted molar refractivity (Wildman–Crippen MR) is 91.1 cm³/mol. The van der Waals surface area contributed by atoms with Crippen molar-refractivity contribution < 1.29 is 23.9 Å². The number of nitrogens with zero attached hydrogens (tertiary/aromatic N) is 1. The quantitative estimate of drug-likeness (QED) is 0.414. The zero-order valence-electron chi connectivity index (χ0n) is 14.9. The molecule has 0 fully saturated rings. The Bertz CT molecular complexity index is 580. The Morgan fingerprint density at radius 2 is 1.75 bits per heavy atom. The van der Waals surface area contributed by atoms with Crippen LogP contribution in [-0.4, -0.2) is 38.5 Å². The molecule has 0 saturated carbocycles. The summed E-state index contributed by atoms with van der Waals surface area (Å²) >= 11 is 0.